The molecule has 20 heavy (non-hydrogen) atoms. The SMILES string of the molecule is NC(=S)n1c(-c2ccccc2)nc2ccccc2c1=O. The van der Waals surface area contributed by atoms with Gasteiger partial charge in [-0.25, -0.2) is 9.55 Å². The largest absolute Gasteiger partial charge is 0.375 e. The maximum absolute atomic E-state index is 12.5. The highest BCUT2D eigenvalue weighted by Crippen LogP contribution is 2.18. The molecule has 1 aromatic heterocycles. The van der Waals surface area contributed by atoms with Crippen molar-refractivity contribution in [2.24, 2.45) is 5.73 Å². The molecule has 0 aliphatic rings. The summed E-state index contributed by atoms with van der Waals surface area (Å²) in [6, 6.07) is 16.5. The fourth-order valence-corrected chi connectivity index (χ4v) is 2.29. The summed E-state index contributed by atoms with van der Waals surface area (Å²) in [4.78, 5) is 17.0. The lowest BCUT2D eigenvalue weighted by molar-refractivity contribution is 1.04. The van der Waals surface area contributed by atoms with Crippen LogP contribution in [0.3, 0.4) is 0 Å². The predicted molar refractivity (Wildman–Crippen MR) is 83.6 cm³/mol. The van der Waals surface area contributed by atoms with Crippen LogP contribution in [0.1, 0.15) is 0 Å². The van der Waals surface area contributed by atoms with Gasteiger partial charge < -0.3 is 5.73 Å². The maximum atomic E-state index is 12.5. The number of benzene rings is 2. The van der Waals surface area contributed by atoms with Crippen molar-refractivity contribution in [3.05, 3.63) is 65.0 Å². The Morgan fingerprint density at radius 2 is 1.70 bits per heavy atom. The minimum absolute atomic E-state index is 0.00731. The Balaban J connectivity index is 2.45. The summed E-state index contributed by atoms with van der Waals surface area (Å²) >= 11 is 5.00. The van der Waals surface area contributed by atoms with E-state index < -0.39 is 0 Å². The van der Waals surface area contributed by atoms with Gasteiger partial charge in [-0.1, -0.05) is 42.5 Å². The average Bonchev–Trinajstić information content (AvgIpc) is 2.47. The van der Waals surface area contributed by atoms with Gasteiger partial charge in [0.15, 0.2) is 5.11 Å². The summed E-state index contributed by atoms with van der Waals surface area (Å²) in [5.41, 5.74) is 6.87. The minimum Gasteiger partial charge on any atom is -0.375 e. The second-order valence-corrected chi connectivity index (χ2v) is 4.72. The lowest BCUT2D eigenvalue weighted by atomic mass is 10.2. The fraction of sp³-hybridized carbons (Fsp3) is 0. The minimum atomic E-state index is -0.248. The number of rotatable bonds is 1. The Labute approximate surface area is 120 Å². The standard InChI is InChI=1S/C15H11N3OS/c16-15(20)18-13(10-6-2-1-3-7-10)17-12-9-5-4-8-11(12)14(18)19/h1-9H,(H2,16,20). The molecule has 3 aromatic rings. The molecule has 2 aromatic carbocycles. The molecule has 0 fully saturated rings. The molecule has 0 unspecified atom stereocenters. The van der Waals surface area contributed by atoms with E-state index in [4.69, 9.17) is 18.0 Å². The molecule has 0 spiro atoms. The summed E-state index contributed by atoms with van der Waals surface area (Å²) in [6.45, 7) is 0. The van der Waals surface area contributed by atoms with Crippen LogP contribution in [0.2, 0.25) is 0 Å². The van der Waals surface area contributed by atoms with Crippen LogP contribution in [-0.2, 0) is 0 Å². The topological polar surface area (TPSA) is 60.9 Å². The third-order valence-corrected chi connectivity index (χ3v) is 3.21. The van der Waals surface area contributed by atoms with Gasteiger partial charge in [0.1, 0.15) is 5.82 Å². The van der Waals surface area contributed by atoms with Crippen LogP contribution in [0, 0.1) is 0 Å². The van der Waals surface area contributed by atoms with Crippen LogP contribution < -0.4 is 11.3 Å². The van der Waals surface area contributed by atoms with E-state index in [-0.39, 0.29) is 10.7 Å². The molecule has 0 amide bonds. The second kappa shape index (κ2) is 4.86. The Bertz CT molecular complexity index is 856. The van der Waals surface area contributed by atoms with Gasteiger partial charge in [0.05, 0.1) is 10.9 Å². The predicted octanol–water partition coefficient (Wildman–Crippen LogP) is 2.16. The van der Waals surface area contributed by atoms with Crippen molar-refractivity contribution >= 4 is 28.2 Å². The number of aromatic nitrogens is 2. The zero-order chi connectivity index (χ0) is 14.1. The molecule has 0 saturated heterocycles. The summed E-state index contributed by atoms with van der Waals surface area (Å²) in [5, 5.41) is 0.493. The van der Waals surface area contributed by atoms with Crippen molar-refractivity contribution < 1.29 is 0 Å². The smallest absolute Gasteiger partial charge is 0.268 e. The molecule has 1 heterocycles. The molecule has 0 bridgehead atoms. The van der Waals surface area contributed by atoms with Crippen LogP contribution in [-0.4, -0.2) is 14.7 Å². The van der Waals surface area contributed by atoms with E-state index >= 15 is 0 Å². The highest BCUT2D eigenvalue weighted by atomic mass is 32.1. The molecule has 0 aliphatic heterocycles. The number of hydrogen-bond acceptors (Lipinski definition) is 3. The van der Waals surface area contributed by atoms with Gasteiger partial charge in [-0.3, -0.25) is 4.79 Å². The first-order valence-corrected chi connectivity index (χ1v) is 6.46. The first-order chi connectivity index (χ1) is 9.68. The van der Waals surface area contributed by atoms with Gasteiger partial charge in [0.25, 0.3) is 5.56 Å². The Kier molecular flexibility index (Phi) is 3.04. The first kappa shape index (κ1) is 12.5. The van der Waals surface area contributed by atoms with Crippen LogP contribution in [0.4, 0.5) is 0 Å². The molecular formula is C15H11N3OS. The summed E-state index contributed by atoms with van der Waals surface area (Å²) < 4.78 is 1.27. The summed E-state index contributed by atoms with van der Waals surface area (Å²) in [7, 11) is 0. The van der Waals surface area contributed by atoms with Crippen LogP contribution in [0.25, 0.3) is 22.3 Å². The third kappa shape index (κ3) is 1.98. The van der Waals surface area contributed by atoms with E-state index in [0.717, 1.165) is 5.56 Å². The average molecular weight is 281 g/mol. The van der Waals surface area contributed by atoms with Crippen molar-refractivity contribution in [3.63, 3.8) is 0 Å². The molecule has 2 N–H and O–H groups in total. The second-order valence-electron chi connectivity index (χ2n) is 4.30. The van der Waals surface area contributed by atoms with Crippen molar-refractivity contribution in [2.45, 2.75) is 0 Å². The van der Waals surface area contributed by atoms with Gasteiger partial charge in [0, 0.05) is 5.56 Å². The monoisotopic (exact) mass is 281 g/mol. The van der Waals surface area contributed by atoms with Crippen molar-refractivity contribution in [2.75, 3.05) is 0 Å². The van der Waals surface area contributed by atoms with Gasteiger partial charge in [-0.2, -0.15) is 0 Å². The summed E-state index contributed by atoms with van der Waals surface area (Å²) in [6.07, 6.45) is 0. The molecule has 0 atom stereocenters. The zero-order valence-corrected chi connectivity index (χ0v) is 11.3. The lowest BCUT2D eigenvalue weighted by Crippen LogP contribution is -2.33. The quantitative estimate of drug-likeness (QED) is 0.694. The van der Waals surface area contributed by atoms with E-state index in [1.165, 1.54) is 4.57 Å². The van der Waals surface area contributed by atoms with E-state index in [1.807, 2.05) is 36.4 Å². The molecule has 3 rings (SSSR count). The van der Waals surface area contributed by atoms with Crippen LogP contribution >= 0.6 is 12.2 Å². The van der Waals surface area contributed by atoms with E-state index in [9.17, 15) is 4.79 Å². The number of nitrogens with zero attached hydrogens (tertiary/aromatic N) is 2. The van der Waals surface area contributed by atoms with Gasteiger partial charge in [-0.15, -0.1) is 0 Å². The van der Waals surface area contributed by atoms with Gasteiger partial charge >= 0.3 is 0 Å². The number of nitrogens with two attached hydrogens (primary N) is 1. The first-order valence-electron chi connectivity index (χ1n) is 6.05. The van der Waals surface area contributed by atoms with E-state index in [0.29, 0.717) is 16.7 Å². The molecule has 4 nitrogen and oxygen atoms in total. The Hall–Kier alpha value is -2.53. The molecule has 0 aliphatic carbocycles. The van der Waals surface area contributed by atoms with Gasteiger partial charge in [0.2, 0.25) is 0 Å². The van der Waals surface area contributed by atoms with Crippen molar-refractivity contribution in [1.82, 2.24) is 9.55 Å². The van der Waals surface area contributed by atoms with Crippen molar-refractivity contribution in [1.29, 1.82) is 0 Å². The normalized spacial score (nSPS) is 10.6. The molecule has 98 valence electrons. The lowest BCUT2D eigenvalue weighted by Gasteiger charge is -2.11. The van der Waals surface area contributed by atoms with Crippen LogP contribution in [0.5, 0.6) is 0 Å². The number of thiocarbonyl (C=S) groups is 1. The number of fused-ring (bicyclic) bond motifs is 1. The Morgan fingerprint density at radius 3 is 2.40 bits per heavy atom. The highest BCUT2D eigenvalue weighted by molar-refractivity contribution is 7.80. The third-order valence-electron chi connectivity index (χ3n) is 3.03. The molecule has 5 heteroatoms. The van der Waals surface area contributed by atoms with E-state index in [1.54, 1.807) is 18.2 Å². The molecular weight excluding hydrogens is 270 g/mol. The number of hydrogen-bond donors (Lipinski definition) is 1. The maximum Gasteiger partial charge on any atom is 0.268 e. The fourth-order valence-electron chi connectivity index (χ4n) is 2.12. The van der Waals surface area contributed by atoms with Gasteiger partial charge in [-0.05, 0) is 24.4 Å². The summed E-state index contributed by atoms with van der Waals surface area (Å²) in [5.74, 6) is 0.460. The van der Waals surface area contributed by atoms with Crippen molar-refractivity contribution in [3.8, 4) is 11.4 Å². The highest BCUT2D eigenvalue weighted by Gasteiger charge is 2.13. The molecule has 0 radical (unpaired) electrons. The Morgan fingerprint density at radius 1 is 1.05 bits per heavy atom. The molecule has 0 saturated carbocycles. The zero-order valence-electron chi connectivity index (χ0n) is 10.5. The van der Waals surface area contributed by atoms with E-state index in [2.05, 4.69) is 4.98 Å². The van der Waals surface area contributed by atoms with Crippen LogP contribution in [0.15, 0.2) is 59.4 Å². The number of para-hydroxylation sites is 1.